The van der Waals surface area contributed by atoms with Crippen molar-refractivity contribution in [3.8, 4) is 17.2 Å². The minimum Gasteiger partial charge on any atom is -0.495 e. The van der Waals surface area contributed by atoms with Gasteiger partial charge in [0.25, 0.3) is 15.9 Å². The van der Waals surface area contributed by atoms with E-state index >= 15 is 0 Å². The molecular formula is C23H24N2O6S. The maximum absolute atomic E-state index is 12.9. The highest BCUT2D eigenvalue weighted by Gasteiger charge is 2.19. The number of amides is 1. The van der Waals surface area contributed by atoms with Crippen LogP contribution >= 0.6 is 0 Å². The number of rotatable bonds is 9. The number of para-hydroxylation sites is 2. The molecule has 0 atom stereocenters. The van der Waals surface area contributed by atoms with Gasteiger partial charge in [0.15, 0.2) is 0 Å². The summed E-state index contributed by atoms with van der Waals surface area (Å²) in [7, 11) is -1.07. The monoisotopic (exact) mass is 456 g/mol. The number of sulfonamides is 1. The number of benzene rings is 3. The van der Waals surface area contributed by atoms with E-state index in [9.17, 15) is 13.2 Å². The Morgan fingerprint density at radius 3 is 2.19 bits per heavy atom. The summed E-state index contributed by atoms with van der Waals surface area (Å²) < 4.78 is 44.3. The van der Waals surface area contributed by atoms with Gasteiger partial charge in [0.05, 0.1) is 37.1 Å². The average Bonchev–Trinajstić information content (AvgIpc) is 2.80. The fourth-order valence-electron chi connectivity index (χ4n) is 2.95. The van der Waals surface area contributed by atoms with Crippen molar-refractivity contribution in [1.82, 2.24) is 0 Å². The van der Waals surface area contributed by atoms with Crippen molar-refractivity contribution in [3.05, 3.63) is 72.3 Å². The van der Waals surface area contributed by atoms with E-state index in [1.807, 2.05) is 6.92 Å². The Labute approximate surface area is 187 Å². The number of hydrogen-bond acceptors (Lipinski definition) is 6. The zero-order valence-corrected chi connectivity index (χ0v) is 18.7. The van der Waals surface area contributed by atoms with Crippen molar-refractivity contribution in [2.24, 2.45) is 0 Å². The molecule has 32 heavy (non-hydrogen) atoms. The molecule has 0 aromatic heterocycles. The lowest BCUT2D eigenvalue weighted by Crippen LogP contribution is -2.16. The fraction of sp³-hybridized carbons (Fsp3) is 0.174. The standard InChI is InChI=1S/C23H24N2O6S/c1-4-31-17-11-9-16(10-12-17)23(26)24-20-15-18(13-14-22(20)30-3)32(27,28)25-19-7-5-6-8-21(19)29-2/h5-15,25H,4H2,1-3H3,(H,24,26). The Morgan fingerprint density at radius 2 is 1.53 bits per heavy atom. The lowest BCUT2D eigenvalue weighted by molar-refractivity contribution is 0.102. The minimum absolute atomic E-state index is 0.0498. The van der Waals surface area contributed by atoms with E-state index in [0.717, 1.165) is 0 Å². The molecule has 3 rings (SSSR count). The Morgan fingerprint density at radius 1 is 0.875 bits per heavy atom. The maximum atomic E-state index is 12.9. The number of methoxy groups -OCH3 is 2. The first kappa shape index (κ1) is 23.0. The maximum Gasteiger partial charge on any atom is 0.262 e. The van der Waals surface area contributed by atoms with Crippen molar-refractivity contribution >= 4 is 27.3 Å². The van der Waals surface area contributed by atoms with Crippen LogP contribution in [0.15, 0.2) is 71.6 Å². The molecule has 0 radical (unpaired) electrons. The first-order valence-corrected chi connectivity index (χ1v) is 11.2. The van der Waals surface area contributed by atoms with Crippen LogP contribution in [-0.2, 0) is 10.0 Å². The first-order chi connectivity index (χ1) is 15.4. The van der Waals surface area contributed by atoms with Gasteiger partial charge in [-0.1, -0.05) is 12.1 Å². The second-order valence-corrected chi connectivity index (χ2v) is 8.26. The molecule has 0 saturated heterocycles. The van der Waals surface area contributed by atoms with E-state index in [2.05, 4.69) is 10.0 Å². The van der Waals surface area contributed by atoms with Gasteiger partial charge in [-0.05, 0) is 61.5 Å². The lowest BCUT2D eigenvalue weighted by Gasteiger charge is -2.15. The average molecular weight is 457 g/mol. The SMILES string of the molecule is CCOc1ccc(C(=O)Nc2cc(S(=O)(=O)Nc3ccccc3OC)ccc2OC)cc1. The Hall–Kier alpha value is -3.72. The molecule has 0 spiro atoms. The second-order valence-electron chi connectivity index (χ2n) is 6.58. The topological polar surface area (TPSA) is 103 Å². The Kier molecular flexibility index (Phi) is 7.21. The molecule has 9 heteroatoms. The van der Waals surface area contributed by atoms with Gasteiger partial charge in [-0.3, -0.25) is 9.52 Å². The van der Waals surface area contributed by atoms with Crippen LogP contribution in [0.5, 0.6) is 17.2 Å². The largest absolute Gasteiger partial charge is 0.495 e. The summed E-state index contributed by atoms with van der Waals surface area (Å²) in [6.45, 7) is 2.39. The zero-order chi connectivity index (χ0) is 23.1. The lowest BCUT2D eigenvalue weighted by atomic mass is 10.2. The molecule has 0 heterocycles. The van der Waals surface area contributed by atoms with E-state index in [4.69, 9.17) is 14.2 Å². The van der Waals surface area contributed by atoms with Crippen molar-refractivity contribution in [3.63, 3.8) is 0 Å². The third-order valence-electron chi connectivity index (χ3n) is 4.51. The molecule has 0 fully saturated rings. The van der Waals surface area contributed by atoms with Crippen LogP contribution in [0.3, 0.4) is 0 Å². The van der Waals surface area contributed by atoms with E-state index in [1.54, 1.807) is 48.5 Å². The van der Waals surface area contributed by atoms with E-state index < -0.39 is 15.9 Å². The molecule has 0 aliphatic heterocycles. The van der Waals surface area contributed by atoms with Gasteiger partial charge in [-0.25, -0.2) is 8.42 Å². The van der Waals surface area contributed by atoms with E-state index in [-0.39, 0.29) is 10.6 Å². The summed E-state index contributed by atoms with van der Waals surface area (Å²) >= 11 is 0. The highest BCUT2D eigenvalue weighted by atomic mass is 32.2. The van der Waals surface area contributed by atoms with Crippen LogP contribution < -0.4 is 24.2 Å². The Balaban J connectivity index is 1.87. The molecule has 2 N–H and O–H groups in total. The summed E-state index contributed by atoms with van der Waals surface area (Å²) in [5.74, 6) is 0.935. The highest BCUT2D eigenvalue weighted by molar-refractivity contribution is 7.92. The third kappa shape index (κ3) is 5.30. The number of ether oxygens (including phenoxy) is 3. The number of carbonyl (C=O) groups is 1. The van der Waals surface area contributed by atoms with Gasteiger partial charge >= 0.3 is 0 Å². The molecular weight excluding hydrogens is 432 g/mol. The molecule has 168 valence electrons. The summed E-state index contributed by atoms with van der Waals surface area (Å²) in [6.07, 6.45) is 0. The minimum atomic E-state index is -3.96. The van der Waals surface area contributed by atoms with Gasteiger partial charge in [0, 0.05) is 5.56 Å². The molecule has 0 bridgehead atoms. The van der Waals surface area contributed by atoms with Crippen molar-refractivity contribution in [2.75, 3.05) is 30.9 Å². The molecule has 8 nitrogen and oxygen atoms in total. The molecule has 0 unspecified atom stereocenters. The van der Waals surface area contributed by atoms with Crippen LogP contribution in [0.25, 0.3) is 0 Å². The van der Waals surface area contributed by atoms with Crippen molar-refractivity contribution in [1.29, 1.82) is 0 Å². The summed E-state index contributed by atoms with van der Waals surface area (Å²) in [4.78, 5) is 12.6. The second kappa shape index (κ2) is 10.1. The normalized spacial score (nSPS) is 10.8. The summed E-state index contributed by atoms with van der Waals surface area (Å²) in [5.41, 5.74) is 0.899. The molecule has 0 saturated carbocycles. The number of anilines is 2. The van der Waals surface area contributed by atoms with E-state index in [1.165, 1.54) is 32.4 Å². The van der Waals surface area contributed by atoms with E-state index in [0.29, 0.717) is 35.1 Å². The third-order valence-corrected chi connectivity index (χ3v) is 5.87. The zero-order valence-electron chi connectivity index (χ0n) is 17.9. The van der Waals surface area contributed by atoms with Crippen molar-refractivity contribution < 1.29 is 27.4 Å². The van der Waals surface area contributed by atoms with Crippen LogP contribution in [0.2, 0.25) is 0 Å². The Bertz CT molecular complexity index is 1190. The molecule has 0 aliphatic rings. The molecule has 0 aliphatic carbocycles. The van der Waals surface area contributed by atoms with Gasteiger partial charge < -0.3 is 19.5 Å². The molecule has 3 aromatic rings. The van der Waals surface area contributed by atoms with Crippen LogP contribution in [0.1, 0.15) is 17.3 Å². The molecule has 3 aromatic carbocycles. The number of carbonyl (C=O) groups excluding carboxylic acids is 1. The van der Waals surface area contributed by atoms with Gasteiger partial charge in [0.1, 0.15) is 17.2 Å². The molecule has 1 amide bonds. The summed E-state index contributed by atoms with van der Waals surface area (Å²) in [5, 5.41) is 2.71. The van der Waals surface area contributed by atoms with Crippen LogP contribution in [-0.4, -0.2) is 35.2 Å². The predicted molar refractivity (Wildman–Crippen MR) is 122 cm³/mol. The predicted octanol–water partition coefficient (Wildman–Crippen LogP) is 4.16. The van der Waals surface area contributed by atoms with Gasteiger partial charge in [-0.15, -0.1) is 0 Å². The van der Waals surface area contributed by atoms with Gasteiger partial charge in [0.2, 0.25) is 0 Å². The van der Waals surface area contributed by atoms with Crippen LogP contribution in [0.4, 0.5) is 11.4 Å². The summed E-state index contributed by atoms with van der Waals surface area (Å²) in [6, 6.07) is 17.5. The fourth-order valence-corrected chi connectivity index (χ4v) is 4.04. The van der Waals surface area contributed by atoms with Gasteiger partial charge in [-0.2, -0.15) is 0 Å². The first-order valence-electron chi connectivity index (χ1n) is 9.76. The number of hydrogen-bond donors (Lipinski definition) is 2. The highest BCUT2D eigenvalue weighted by Crippen LogP contribution is 2.31. The quantitative estimate of drug-likeness (QED) is 0.501. The van der Waals surface area contributed by atoms with Crippen molar-refractivity contribution in [2.45, 2.75) is 11.8 Å². The van der Waals surface area contributed by atoms with Crippen LogP contribution in [0, 0.1) is 0 Å². The number of nitrogens with one attached hydrogen (secondary N) is 2. The smallest absolute Gasteiger partial charge is 0.262 e.